The fourth-order valence-corrected chi connectivity index (χ4v) is 3.61. The Morgan fingerprint density at radius 2 is 2.22 bits per heavy atom. The van der Waals surface area contributed by atoms with E-state index in [0.717, 1.165) is 29.0 Å². The van der Waals surface area contributed by atoms with Gasteiger partial charge >= 0.3 is 0 Å². The number of ether oxygens (including phenoxy) is 2. The zero-order valence-electron chi connectivity index (χ0n) is 15.7. The van der Waals surface area contributed by atoms with E-state index in [1.807, 2.05) is 31.4 Å². The zero-order chi connectivity index (χ0) is 19.4. The number of carbonyl (C=O) groups excluding carboxylic acids is 2. The van der Waals surface area contributed by atoms with Crippen LogP contribution in [-0.2, 0) is 17.8 Å². The molecule has 0 saturated heterocycles. The minimum atomic E-state index is -0.638. The summed E-state index contributed by atoms with van der Waals surface area (Å²) in [5.74, 6) is 1.10. The van der Waals surface area contributed by atoms with Crippen molar-refractivity contribution in [1.82, 2.24) is 10.6 Å². The number of amides is 2. The van der Waals surface area contributed by atoms with E-state index in [0.29, 0.717) is 18.0 Å². The lowest BCUT2D eigenvalue weighted by Gasteiger charge is -2.16. The first-order chi connectivity index (χ1) is 13.0. The fraction of sp³-hybridized carbons (Fsp3) is 0.400. The maximum absolute atomic E-state index is 12.4. The highest BCUT2D eigenvalue weighted by atomic mass is 32.1. The van der Waals surface area contributed by atoms with E-state index in [4.69, 9.17) is 9.47 Å². The molecule has 0 radical (unpaired) electrons. The van der Waals surface area contributed by atoms with E-state index >= 15 is 0 Å². The van der Waals surface area contributed by atoms with Gasteiger partial charge in [0.15, 0.2) is 0 Å². The molecule has 2 amide bonds. The number of rotatable bonds is 7. The molecule has 27 heavy (non-hydrogen) atoms. The lowest BCUT2D eigenvalue weighted by molar-refractivity contribution is -0.122. The number of thiophene rings is 1. The minimum Gasteiger partial charge on any atom is -0.494 e. The summed E-state index contributed by atoms with van der Waals surface area (Å²) in [5.41, 5.74) is 1.98. The molecule has 1 aliphatic heterocycles. The number of hydrogen-bond acceptors (Lipinski definition) is 5. The van der Waals surface area contributed by atoms with Crippen LogP contribution < -0.4 is 20.1 Å². The van der Waals surface area contributed by atoms with Crippen LogP contribution in [0.25, 0.3) is 0 Å². The molecule has 2 N–H and O–H groups in total. The third-order valence-electron chi connectivity index (χ3n) is 4.32. The van der Waals surface area contributed by atoms with Gasteiger partial charge in [0.2, 0.25) is 5.91 Å². The van der Waals surface area contributed by atoms with Gasteiger partial charge in [0.05, 0.1) is 11.5 Å². The molecule has 2 atom stereocenters. The molecule has 2 unspecified atom stereocenters. The average Bonchev–Trinajstić information content (AvgIpc) is 3.28. The Bertz CT molecular complexity index is 820. The first-order valence-electron chi connectivity index (χ1n) is 9.05. The van der Waals surface area contributed by atoms with E-state index < -0.39 is 6.04 Å². The molecule has 2 aromatic rings. The summed E-state index contributed by atoms with van der Waals surface area (Å²) in [6, 6.07) is 6.81. The predicted octanol–water partition coefficient (Wildman–Crippen LogP) is 2.90. The molecule has 0 fully saturated rings. The van der Waals surface area contributed by atoms with Crippen molar-refractivity contribution in [3.63, 3.8) is 0 Å². The van der Waals surface area contributed by atoms with Crippen LogP contribution in [0.5, 0.6) is 11.5 Å². The number of fused-ring (bicyclic) bond motifs is 1. The van der Waals surface area contributed by atoms with Crippen molar-refractivity contribution in [3.8, 4) is 11.5 Å². The number of hydrogen-bond donors (Lipinski definition) is 2. The molecule has 0 saturated carbocycles. The monoisotopic (exact) mass is 388 g/mol. The molecule has 0 bridgehead atoms. The normalized spacial score (nSPS) is 16.2. The molecular weight excluding hydrogens is 364 g/mol. The third-order valence-corrected chi connectivity index (χ3v) is 5.19. The Morgan fingerprint density at radius 1 is 1.41 bits per heavy atom. The van der Waals surface area contributed by atoms with E-state index in [1.54, 1.807) is 19.1 Å². The molecule has 1 aromatic heterocycles. The maximum Gasteiger partial charge on any atom is 0.261 e. The van der Waals surface area contributed by atoms with Gasteiger partial charge in [-0.25, -0.2) is 0 Å². The quantitative estimate of drug-likeness (QED) is 0.765. The second-order valence-electron chi connectivity index (χ2n) is 6.52. The van der Waals surface area contributed by atoms with E-state index in [1.165, 1.54) is 11.3 Å². The molecule has 6 nitrogen and oxygen atoms in total. The van der Waals surface area contributed by atoms with Crippen LogP contribution in [0.2, 0.25) is 0 Å². The van der Waals surface area contributed by atoms with Crippen LogP contribution >= 0.6 is 11.3 Å². The Balaban J connectivity index is 1.62. The Morgan fingerprint density at radius 3 is 2.93 bits per heavy atom. The molecule has 2 heterocycles. The van der Waals surface area contributed by atoms with Gasteiger partial charge in [-0.05, 0) is 44.4 Å². The summed E-state index contributed by atoms with van der Waals surface area (Å²) in [7, 11) is 0. The van der Waals surface area contributed by atoms with Crippen LogP contribution in [-0.4, -0.2) is 30.6 Å². The minimum absolute atomic E-state index is 0.145. The van der Waals surface area contributed by atoms with Gasteiger partial charge in [-0.15, -0.1) is 11.3 Å². The maximum atomic E-state index is 12.4. The zero-order valence-corrected chi connectivity index (χ0v) is 16.5. The lowest BCUT2D eigenvalue weighted by Crippen LogP contribution is -2.44. The summed E-state index contributed by atoms with van der Waals surface area (Å²) < 4.78 is 11.5. The smallest absolute Gasteiger partial charge is 0.261 e. The van der Waals surface area contributed by atoms with Crippen molar-refractivity contribution < 1.29 is 19.1 Å². The van der Waals surface area contributed by atoms with Crippen LogP contribution in [0.1, 0.15) is 41.6 Å². The molecule has 144 valence electrons. The van der Waals surface area contributed by atoms with Gasteiger partial charge in [-0.1, -0.05) is 6.07 Å². The Hall–Kier alpha value is -2.54. The molecule has 7 heteroatoms. The SMILES string of the molecule is CCOc1cc2c(cc1CNC(=O)C(C)NC(=O)c1cccs1)OC(C)C2. The standard InChI is InChI=1S/C20H24N2O4S/c1-4-25-16-9-14-8-12(2)26-17(14)10-15(16)11-21-19(23)13(3)22-20(24)18-6-5-7-27-18/h5-7,9-10,12-13H,4,8,11H2,1-3H3,(H,21,23)(H,22,24). The summed E-state index contributed by atoms with van der Waals surface area (Å²) in [5, 5.41) is 7.40. The van der Waals surface area contributed by atoms with Crippen LogP contribution in [0.3, 0.4) is 0 Å². The van der Waals surface area contributed by atoms with E-state index in [-0.39, 0.29) is 17.9 Å². The summed E-state index contributed by atoms with van der Waals surface area (Å²) in [6.45, 7) is 6.47. The van der Waals surface area contributed by atoms with Crippen LogP contribution in [0, 0.1) is 0 Å². The van der Waals surface area contributed by atoms with Crippen molar-refractivity contribution in [1.29, 1.82) is 0 Å². The van der Waals surface area contributed by atoms with Gasteiger partial charge in [0.1, 0.15) is 23.6 Å². The highest BCUT2D eigenvalue weighted by molar-refractivity contribution is 7.12. The highest BCUT2D eigenvalue weighted by Crippen LogP contribution is 2.35. The summed E-state index contributed by atoms with van der Waals surface area (Å²) in [6.07, 6.45) is 1.00. The summed E-state index contributed by atoms with van der Waals surface area (Å²) >= 11 is 1.34. The van der Waals surface area contributed by atoms with E-state index in [2.05, 4.69) is 10.6 Å². The lowest BCUT2D eigenvalue weighted by atomic mass is 10.1. The second-order valence-corrected chi connectivity index (χ2v) is 7.47. The number of carbonyl (C=O) groups is 2. The van der Waals surface area contributed by atoms with Gasteiger partial charge in [0.25, 0.3) is 5.91 Å². The molecule has 0 spiro atoms. The van der Waals surface area contributed by atoms with Crippen LogP contribution in [0.15, 0.2) is 29.6 Å². The predicted molar refractivity (Wildman–Crippen MR) is 104 cm³/mol. The van der Waals surface area contributed by atoms with Gasteiger partial charge in [-0.3, -0.25) is 9.59 Å². The summed E-state index contributed by atoms with van der Waals surface area (Å²) in [4.78, 5) is 25.0. The van der Waals surface area contributed by atoms with Crippen molar-refractivity contribution in [2.24, 2.45) is 0 Å². The van der Waals surface area contributed by atoms with Gasteiger partial charge < -0.3 is 20.1 Å². The van der Waals surface area contributed by atoms with E-state index in [9.17, 15) is 9.59 Å². The van der Waals surface area contributed by atoms with Crippen molar-refractivity contribution >= 4 is 23.2 Å². The fourth-order valence-electron chi connectivity index (χ4n) is 2.99. The van der Waals surface area contributed by atoms with Gasteiger partial charge in [0, 0.05) is 24.1 Å². The first kappa shape index (κ1) is 19.2. The topological polar surface area (TPSA) is 76.7 Å². The molecule has 0 aliphatic carbocycles. The molecular formula is C20H24N2O4S. The van der Waals surface area contributed by atoms with Crippen molar-refractivity contribution in [2.45, 2.75) is 45.9 Å². The first-order valence-corrected chi connectivity index (χ1v) is 9.93. The number of nitrogens with one attached hydrogen (secondary N) is 2. The molecule has 1 aromatic carbocycles. The second kappa shape index (κ2) is 8.43. The van der Waals surface area contributed by atoms with Gasteiger partial charge in [-0.2, -0.15) is 0 Å². The van der Waals surface area contributed by atoms with Crippen molar-refractivity contribution in [3.05, 3.63) is 45.6 Å². The highest BCUT2D eigenvalue weighted by Gasteiger charge is 2.23. The largest absolute Gasteiger partial charge is 0.494 e. The third kappa shape index (κ3) is 4.60. The molecule has 3 rings (SSSR count). The Labute approximate surface area is 162 Å². The average molecular weight is 388 g/mol. The number of benzene rings is 1. The van der Waals surface area contributed by atoms with Crippen molar-refractivity contribution in [2.75, 3.05) is 6.61 Å². The molecule has 1 aliphatic rings. The Kier molecular flexibility index (Phi) is 6.01. The van der Waals surface area contributed by atoms with Crippen LogP contribution in [0.4, 0.5) is 0 Å².